The number of hydrogen-bond donors (Lipinski definition) is 2. The summed E-state index contributed by atoms with van der Waals surface area (Å²) in [5, 5.41) is 0. The maximum atomic E-state index is 6.41. The van der Waals surface area contributed by atoms with E-state index >= 15 is 0 Å². The van der Waals surface area contributed by atoms with Crippen molar-refractivity contribution < 1.29 is 4.74 Å². The minimum atomic E-state index is -0.184. The molecule has 0 spiro atoms. The van der Waals surface area contributed by atoms with Crippen LogP contribution >= 0.6 is 0 Å². The highest BCUT2D eigenvalue weighted by atomic mass is 16.5. The fraction of sp³-hybridized carbons (Fsp3) is 0.667. The van der Waals surface area contributed by atoms with Gasteiger partial charge >= 0.3 is 0 Å². The molecule has 1 fully saturated rings. The van der Waals surface area contributed by atoms with Gasteiger partial charge in [0.1, 0.15) is 5.82 Å². The van der Waals surface area contributed by atoms with Crippen molar-refractivity contribution in [1.82, 2.24) is 4.98 Å². The summed E-state index contributed by atoms with van der Waals surface area (Å²) < 4.78 is 5.94. The van der Waals surface area contributed by atoms with Crippen LogP contribution in [-0.2, 0) is 4.74 Å². The normalized spacial score (nSPS) is 20.1. The zero-order valence-electron chi connectivity index (χ0n) is 11.7. The molecule has 0 aromatic carbocycles. The van der Waals surface area contributed by atoms with Crippen molar-refractivity contribution in [1.29, 1.82) is 0 Å². The van der Waals surface area contributed by atoms with E-state index in [0.29, 0.717) is 18.3 Å². The highest BCUT2D eigenvalue weighted by Crippen LogP contribution is 2.34. The molecule has 0 amide bonds. The summed E-state index contributed by atoms with van der Waals surface area (Å²) in [5.74, 6) is 1.07. The van der Waals surface area contributed by atoms with Crippen molar-refractivity contribution in [2.75, 3.05) is 12.3 Å². The minimum Gasteiger partial charge on any atom is -0.383 e. The van der Waals surface area contributed by atoms with Crippen molar-refractivity contribution in [3.63, 3.8) is 0 Å². The van der Waals surface area contributed by atoms with Crippen molar-refractivity contribution in [2.24, 2.45) is 11.7 Å². The Kier molecular flexibility index (Phi) is 5.16. The average molecular weight is 263 g/mol. The largest absolute Gasteiger partial charge is 0.383 e. The van der Waals surface area contributed by atoms with Gasteiger partial charge in [0.25, 0.3) is 0 Å². The summed E-state index contributed by atoms with van der Waals surface area (Å²) >= 11 is 0. The first-order valence-electron chi connectivity index (χ1n) is 7.31. The molecule has 1 aliphatic rings. The molecule has 4 heteroatoms. The first-order valence-corrected chi connectivity index (χ1v) is 7.31. The third-order valence-electron chi connectivity index (χ3n) is 4.06. The zero-order chi connectivity index (χ0) is 13.7. The lowest BCUT2D eigenvalue weighted by atomic mass is 9.81. The molecule has 0 aliphatic heterocycles. The van der Waals surface area contributed by atoms with Crippen molar-refractivity contribution >= 4 is 5.82 Å². The van der Waals surface area contributed by atoms with Gasteiger partial charge in [0, 0.05) is 18.4 Å². The topological polar surface area (TPSA) is 74.2 Å². The zero-order valence-corrected chi connectivity index (χ0v) is 11.7. The quantitative estimate of drug-likeness (QED) is 0.856. The van der Waals surface area contributed by atoms with E-state index in [-0.39, 0.29) is 12.1 Å². The van der Waals surface area contributed by atoms with E-state index < -0.39 is 0 Å². The molecule has 0 radical (unpaired) electrons. The van der Waals surface area contributed by atoms with Gasteiger partial charge in [-0.1, -0.05) is 25.3 Å². The second kappa shape index (κ2) is 6.87. The van der Waals surface area contributed by atoms with Gasteiger partial charge in [-0.15, -0.1) is 0 Å². The fourth-order valence-electron chi connectivity index (χ4n) is 3.08. The highest BCUT2D eigenvalue weighted by Gasteiger charge is 2.31. The number of hydrogen-bond acceptors (Lipinski definition) is 4. The Labute approximate surface area is 115 Å². The molecule has 1 saturated carbocycles. The van der Waals surface area contributed by atoms with Crippen LogP contribution in [0.1, 0.15) is 50.6 Å². The van der Waals surface area contributed by atoms with Gasteiger partial charge in [-0.05, 0) is 31.7 Å². The van der Waals surface area contributed by atoms with Crippen LogP contribution < -0.4 is 11.5 Å². The second-order valence-corrected chi connectivity index (χ2v) is 5.32. The summed E-state index contributed by atoms with van der Waals surface area (Å²) in [6, 6.07) is 3.66. The molecule has 4 N–H and O–H groups in total. The Hall–Kier alpha value is -1.13. The monoisotopic (exact) mass is 263 g/mol. The first kappa shape index (κ1) is 14.3. The molecular formula is C15H25N3O. The Morgan fingerprint density at radius 1 is 1.37 bits per heavy atom. The standard InChI is InChI=1S/C15H25N3O/c1-2-19-14(11-7-4-3-5-8-11)13(16)12-9-6-10-18-15(12)17/h6,9-11,13-14H,2-5,7-8,16H2,1H3,(H2,17,18). The average Bonchev–Trinajstić information content (AvgIpc) is 2.45. The Bertz CT molecular complexity index is 391. The molecule has 19 heavy (non-hydrogen) atoms. The number of pyridine rings is 1. The molecule has 1 heterocycles. The number of rotatable bonds is 5. The Morgan fingerprint density at radius 2 is 2.11 bits per heavy atom. The van der Waals surface area contributed by atoms with Gasteiger partial charge in [0.05, 0.1) is 12.1 Å². The molecular weight excluding hydrogens is 238 g/mol. The van der Waals surface area contributed by atoms with E-state index in [1.807, 2.05) is 19.1 Å². The number of nitrogens with zero attached hydrogens (tertiary/aromatic N) is 1. The predicted molar refractivity (Wildman–Crippen MR) is 77.6 cm³/mol. The molecule has 0 bridgehead atoms. The van der Waals surface area contributed by atoms with E-state index in [4.69, 9.17) is 16.2 Å². The van der Waals surface area contributed by atoms with Crippen LogP contribution in [-0.4, -0.2) is 17.7 Å². The summed E-state index contributed by atoms with van der Waals surface area (Å²) in [4.78, 5) is 4.13. The molecule has 2 atom stereocenters. The molecule has 106 valence electrons. The van der Waals surface area contributed by atoms with Crippen LogP contribution in [0, 0.1) is 5.92 Å². The summed E-state index contributed by atoms with van der Waals surface area (Å²) in [7, 11) is 0. The van der Waals surface area contributed by atoms with Gasteiger partial charge < -0.3 is 16.2 Å². The number of anilines is 1. The molecule has 2 rings (SSSR count). The molecule has 0 saturated heterocycles. The lowest BCUT2D eigenvalue weighted by molar-refractivity contribution is -0.00976. The molecule has 1 aliphatic carbocycles. The van der Waals surface area contributed by atoms with Crippen molar-refractivity contribution in [2.45, 2.75) is 51.2 Å². The van der Waals surface area contributed by atoms with E-state index in [0.717, 1.165) is 5.56 Å². The maximum absolute atomic E-state index is 6.41. The summed E-state index contributed by atoms with van der Waals surface area (Å²) in [5.41, 5.74) is 13.3. The molecule has 4 nitrogen and oxygen atoms in total. The van der Waals surface area contributed by atoms with Gasteiger partial charge in [-0.25, -0.2) is 4.98 Å². The molecule has 1 aromatic heterocycles. The third kappa shape index (κ3) is 3.45. The Morgan fingerprint density at radius 3 is 2.74 bits per heavy atom. The van der Waals surface area contributed by atoms with Crippen LogP contribution in [0.15, 0.2) is 18.3 Å². The van der Waals surface area contributed by atoms with Crippen LogP contribution in [0.25, 0.3) is 0 Å². The molecule has 2 unspecified atom stereocenters. The number of aromatic nitrogens is 1. The Balaban J connectivity index is 2.15. The van der Waals surface area contributed by atoms with Crippen LogP contribution in [0.2, 0.25) is 0 Å². The minimum absolute atomic E-state index is 0.0526. The van der Waals surface area contributed by atoms with Crippen molar-refractivity contribution in [3.8, 4) is 0 Å². The smallest absolute Gasteiger partial charge is 0.128 e. The van der Waals surface area contributed by atoms with Crippen LogP contribution in [0.5, 0.6) is 0 Å². The lowest BCUT2D eigenvalue weighted by Gasteiger charge is -2.34. The highest BCUT2D eigenvalue weighted by molar-refractivity contribution is 5.41. The van der Waals surface area contributed by atoms with E-state index in [1.165, 1.54) is 32.1 Å². The van der Waals surface area contributed by atoms with Crippen LogP contribution in [0.3, 0.4) is 0 Å². The SMILES string of the molecule is CCOC(C1CCCCC1)C(N)c1cccnc1N. The number of nitrogen functional groups attached to an aromatic ring is 1. The van der Waals surface area contributed by atoms with E-state index in [1.54, 1.807) is 6.20 Å². The predicted octanol–water partition coefficient (Wildman–Crippen LogP) is 2.65. The summed E-state index contributed by atoms with van der Waals surface area (Å²) in [6.07, 6.45) is 8.06. The van der Waals surface area contributed by atoms with E-state index in [2.05, 4.69) is 4.98 Å². The molecule has 1 aromatic rings. The van der Waals surface area contributed by atoms with Gasteiger partial charge in [0.15, 0.2) is 0 Å². The van der Waals surface area contributed by atoms with Gasteiger partial charge in [0.2, 0.25) is 0 Å². The van der Waals surface area contributed by atoms with Gasteiger partial charge in [-0.3, -0.25) is 0 Å². The third-order valence-corrected chi connectivity index (χ3v) is 4.06. The number of ether oxygens (including phenoxy) is 1. The lowest BCUT2D eigenvalue weighted by Crippen LogP contribution is -2.37. The van der Waals surface area contributed by atoms with E-state index in [9.17, 15) is 0 Å². The van der Waals surface area contributed by atoms with Crippen molar-refractivity contribution in [3.05, 3.63) is 23.9 Å². The van der Waals surface area contributed by atoms with Crippen LogP contribution in [0.4, 0.5) is 5.82 Å². The summed E-state index contributed by atoms with van der Waals surface area (Å²) in [6.45, 7) is 2.71. The number of nitrogens with two attached hydrogens (primary N) is 2. The fourth-order valence-corrected chi connectivity index (χ4v) is 3.08. The van der Waals surface area contributed by atoms with Gasteiger partial charge in [-0.2, -0.15) is 0 Å². The first-order chi connectivity index (χ1) is 9.24. The maximum Gasteiger partial charge on any atom is 0.128 e. The second-order valence-electron chi connectivity index (χ2n) is 5.32.